The normalized spacial score (nSPS) is 20.3. The highest BCUT2D eigenvalue weighted by atomic mass is 127. The Morgan fingerprint density at radius 2 is 2.71 bits per heavy atom. The number of hydrogen-bond donors (Lipinski definition) is 0. The first-order chi connectivity index (χ1) is 3.30. The van der Waals surface area contributed by atoms with Crippen LogP contribution < -0.4 is 0 Å². The Labute approximate surface area is 69.0 Å². The summed E-state index contributed by atoms with van der Waals surface area (Å²) in [6.45, 7) is 0. The molecule has 0 N–H and O–H groups in total. The Bertz CT molecular complexity index is 105. The maximum atomic E-state index is 3.34. The Hall–Kier alpha value is 1.10. The second kappa shape index (κ2) is 2.59. The van der Waals surface area contributed by atoms with Gasteiger partial charge in [0.2, 0.25) is 0 Å². The predicted molar refractivity (Wildman–Crippen MR) is 45.3 cm³/mol. The summed E-state index contributed by atoms with van der Waals surface area (Å²) in [5.74, 6) is 1.04. The molecule has 1 heterocycles. The van der Waals surface area contributed by atoms with Crippen LogP contribution in [0.1, 0.15) is 0 Å². The van der Waals surface area contributed by atoms with E-state index >= 15 is 0 Å². The lowest BCUT2D eigenvalue weighted by Crippen LogP contribution is -1.97. The van der Waals surface area contributed by atoms with Gasteiger partial charge in [0.15, 0.2) is 0 Å². The summed E-state index contributed by atoms with van der Waals surface area (Å²) in [5, 5.41) is 2.12. The Kier molecular flexibility index (Phi) is 2.30. The van der Waals surface area contributed by atoms with Crippen LogP contribution >= 0.6 is 50.5 Å². The average molecular weight is 292 g/mol. The van der Waals surface area contributed by atoms with Crippen LogP contribution in [0.3, 0.4) is 0 Å². The summed E-state index contributed by atoms with van der Waals surface area (Å²) >= 11 is 7.42. The lowest BCUT2D eigenvalue weighted by molar-refractivity contribution is 0.779. The van der Waals surface area contributed by atoms with Gasteiger partial charge in [0.25, 0.3) is 0 Å². The number of thioether (sulfide) groups is 1. The maximum absolute atomic E-state index is 3.34. The maximum Gasteiger partial charge on any atom is 0.0929 e. The van der Waals surface area contributed by atoms with E-state index in [1.807, 2.05) is 3.93 Å². The molecule has 0 saturated carbocycles. The van der Waals surface area contributed by atoms with Gasteiger partial charge in [-0.3, -0.25) is 3.93 Å². The molecule has 0 unspecified atom stereocenters. The van der Waals surface area contributed by atoms with Crippen LogP contribution in [-0.4, -0.2) is 9.80 Å². The lowest BCUT2D eigenvalue weighted by Gasteiger charge is -2.03. The van der Waals surface area contributed by atoms with Crippen molar-refractivity contribution >= 4 is 50.5 Å². The van der Waals surface area contributed by atoms with E-state index in [1.165, 1.54) is 3.70 Å². The molecular weight excluding hydrogens is 289 g/mol. The Balaban J connectivity index is 2.54. The molecule has 0 aromatic carbocycles. The van der Waals surface area contributed by atoms with Gasteiger partial charge in [0.05, 0.1) is 25.7 Å². The zero-order chi connectivity index (χ0) is 5.28. The first-order valence-corrected chi connectivity index (χ1v) is 4.55. The van der Waals surface area contributed by atoms with Gasteiger partial charge in [-0.1, -0.05) is 0 Å². The molecule has 0 fully saturated rings. The first kappa shape index (κ1) is 6.22. The summed E-state index contributed by atoms with van der Waals surface area (Å²) in [7, 11) is 0. The molecule has 7 heavy (non-hydrogen) atoms. The van der Waals surface area contributed by atoms with Crippen LogP contribution in [0.15, 0.2) is 9.11 Å². The van der Waals surface area contributed by atoms with Crippen molar-refractivity contribution in [1.29, 1.82) is 0 Å². The molecule has 40 valence electrons. The highest BCUT2D eigenvalue weighted by Crippen LogP contribution is 2.29. The van der Waals surface area contributed by atoms with Crippen LogP contribution in [0.2, 0.25) is 0 Å². The second-order valence-corrected chi connectivity index (χ2v) is 3.89. The molecule has 1 aliphatic heterocycles. The largest absolute Gasteiger partial charge is 0.292 e. The fourth-order valence-corrected chi connectivity index (χ4v) is 2.43. The van der Waals surface area contributed by atoms with Crippen molar-refractivity contribution in [2.45, 2.75) is 0 Å². The van der Waals surface area contributed by atoms with Crippen molar-refractivity contribution in [3.8, 4) is 0 Å². The number of hydrogen-bond acceptors (Lipinski definition) is 2. The lowest BCUT2D eigenvalue weighted by atomic mass is 11.0. The Morgan fingerprint density at radius 1 is 2.00 bits per heavy atom. The average Bonchev–Trinajstić information content (AvgIpc) is 1.91. The van der Waals surface area contributed by atoms with Gasteiger partial charge < -0.3 is 0 Å². The van der Waals surface area contributed by atoms with E-state index in [0.717, 1.165) is 5.88 Å². The second-order valence-electron chi connectivity index (χ2n) is 1.10. The molecule has 1 rings (SSSR count). The van der Waals surface area contributed by atoms with Crippen molar-refractivity contribution in [1.82, 2.24) is 3.93 Å². The van der Waals surface area contributed by atoms with Gasteiger partial charge in [0.1, 0.15) is 0 Å². The van der Waals surface area contributed by atoms with Crippen LogP contribution in [0.25, 0.3) is 0 Å². The number of rotatable bonds is 0. The van der Waals surface area contributed by atoms with Gasteiger partial charge >= 0.3 is 0 Å². The minimum absolute atomic E-state index is 1.04. The molecular formula is C3H3BrINS. The molecule has 0 aliphatic carbocycles. The molecule has 0 spiro atoms. The molecule has 1 nitrogen and oxygen atoms in total. The number of halogens is 2. The van der Waals surface area contributed by atoms with Crippen LogP contribution in [0.5, 0.6) is 0 Å². The third kappa shape index (κ3) is 1.50. The standard InChI is InChI=1S/C3H3BrINS/c4-6-2-7-1-3(6)5/h1H,2H2. The van der Waals surface area contributed by atoms with Gasteiger partial charge in [-0.25, -0.2) is 0 Å². The molecule has 4 heteroatoms. The molecule has 0 amide bonds. The van der Waals surface area contributed by atoms with Crippen LogP contribution in [0, 0.1) is 0 Å². The topological polar surface area (TPSA) is 3.24 Å². The van der Waals surface area contributed by atoms with Gasteiger partial charge in [-0.05, 0) is 22.6 Å². The quantitative estimate of drug-likeness (QED) is 0.383. The minimum Gasteiger partial charge on any atom is -0.292 e. The van der Waals surface area contributed by atoms with Crippen molar-refractivity contribution in [3.63, 3.8) is 0 Å². The molecule has 0 saturated heterocycles. The van der Waals surface area contributed by atoms with Crippen LogP contribution in [-0.2, 0) is 0 Å². The van der Waals surface area contributed by atoms with E-state index < -0.39 is 0 Å². The monoisotopic (exact) mass is 291 g/mol. The first-order valence-electron chi connectivity index (χ1n) is 1.71. The van der Waals surface area contributed by atoms with Crippen molar-refractivity contribution < 1.29 is 0 Å². The number of nitrogens with zero attached hydrogens (tertiary/aromatic N) is 1. The van der Waals surface area contributed by atoms with Crippen LogP contribution in [0.4, 0.5) is 0 Å². The van der Waals surface area contributed by atoms with E-state index in [-0.39, 0.29) is 0 Å². The summed E-state index contributed by atoms with van der Waals surface area (Å²) in [6, 6.07) is 0. The summed E-state index contributed by atoms with van der Waals surface area (Å²) < 4.78 is 3.29. The fourth-order valence-electron chi connectivity index (χ4n) is 0.290. The fraction of sp³-hybridized carbons (Fsp3) is 0.333. The third-order valence-electron chi connectivity index (χ3n) is 0.600. The van der Waals surface area contributed by atoms with Gasteiger partial charge in [0, 0.05) is 5.41 Å². The zero-order valence-corrected chi connectivity index (χ0v) is 7.96. The summed E-state index contributed by atoms with van der Waals surface area (Å²) in [6.07, 6.45) is 0. The smallest absolute Gasteiger partial charge is 0.0929 e. The van der Waals surface area contributed by atoms with Gasteiger partial charge in [-0.15, -0.1) is 11.8 Å². The van der Waals surface area contributed by atoms with Crippen molar-refractivity contribution in [3.05, 3.63) is 9.11 Å². The molecule has 0 aromatic heterocycles. The third-order valence-corrected chi connectivity index (χ3v) is 4.34. The van der Waals surface area contributed by atoms with E-state index in [2.05, 4.69) is 44.1 Å². The van der Waals surface area contributed by atoms with Crippen molar-refractivity contribution in [2.24, 2.45) is 0 Å². The minimum atomic E-state index is 1.04. The molecule has 1 aliphatic rings. The van der Waals surface area contributed by atoms with Crippen molar-refractivity contribution in [2.75, 3.05) is 5.88 Å². The summed E-state index contributed by atoms with van der Waals surface area (Å²) in [4.78, 5) is 0. The molecule has 0 bridgehead atoms. The molecule has 0 atom stereocenters. The van der Waals surface area contributed by atoms with E-state index in [1.54, 1.807) is 11.8 Å². The van der Waals surface area contributed by atoms with Gasteiger partial charge in [-0.2, -0.15) is 0 Å². The van der Waals surface area contributed by atoms with E-state index in [9.17, 15) is 0 Å². The summed E-state index contributed by atoms with van der Waals surface area (Å²) in [5.41, 5.74) is 0. The molecule has 0 aromatic rings. The Morgan fingerprint density at radius 3 is 2.86 bits per heavy atom. The highest BCUT2D eigenvalue weighted by Gasteiger charge is 2.07. The van der Waals surface area contributed by atoms with E-state index in [4.69, 9.17) is 0 Å². The SMILES string of the molecule is BrN1CSC=C1I. The highest BCUT2D eigenvalue weighted by molar-refractivity contribution is 14.1. The predicted octanol–water partition coefficient (Wildman–Crippen LogP) is 2.54. The molecule has 0 radical (unpaired) electrons. The zero-order valence-electron chi connectivity index (χ0n) is 3.40. The van der Waals surface area contributed by atoms with E-state index in [0.29, 0.717) is 0 Å².